The zero-order valence-electron chi connectivity index (χ0n) is 23.3. The van der Waals surface area contributed by atoms with Crippen molar-refractivity contribution in [1.29, 1.82) is 5.26 Å². The van der Waals surface area contributed by atoms with Crippen LogP contribution in [0.15, 0.2) is 66.9 Å². The molecule has 0 atom stereocenters. The van der Waals surface area contributed by atoms with Crippen LogP contribution in [0.3, 0.4) is 0 Å². The van der Waals surface area contributed by atoms with Crippen LogP contribution < -0.4 is 14.8 Å². The van der Waals surface area contributed by atoms with Crippen LogP contribution in [0.25, 0.3) is 0 Å². The number of carbonyl (C=O) groups is 2. The maximum Gasteiger partial charge on any atom is 0.270 e. The summed E-state index contributed by atoms with van der Waals surface area (Å²) in [5, 5.41) is 12.0. The number of piperazine rings is 1. The highest BCUT2D eigenvalue weighted by Crippen LogP contribution is 2.24. The highest BCUT2D eigenvalue weighted by molar-refractivity contribution is 5.96. The van der Waals surface area contributed by atoms with E-state index in [4.69, 9.17) is 14.7 Å². The van der Waals surface area contributed by atoms with Crippen molar-refractivity contribution in [1.82, 2.24) is 20.1 Å². The molecule has 212 valence electrons. The number of hydrogen-bond donors (Lipinski definition) is 1. The summed E-state index contributed by atoms with van der Waals surface area (Å²) in [4.78, 5) is 34.4. The van der Waals surface area contributed by atoms with Gasteiger partial charge in [0.1, 0.15) is 17.2 Å². The first kappa shape index (κ1) is 28.1. The highest BCUT2D eigenvalue weighted by Gasteiger charge is 2.25. The lowest BCUT2D eigenvalue weighted by molar-refractivity contribution is 0.0627. The first-order valence-electron chi connectivity index (χ1n) is 14.1. The summed E-state index contributed by atoms with van der Waals surface area (Å²) in [6.45, 7) is 3.73. The fraction of sp³-hybridized carbons (Fsp3) is 0.375. The standard InChI is InChI=1S/C32H35N5O4/c1-40-27-9-4-24(5-10-27)22-36-16-18-37(19-17-36)32(39)25-6-15-30(34-21-25)31(38)35-26-7-13-29(14-8-26)41-28-11-2-23(20-33)3-12-28/h2-6,9-12,15,21,26,29H,7-8,13-14,16-19,22H2,1H3,(H,35,38). The molecule has 41 heavy (non-hydrogen) atoms. The maximum absolute atomic E-state index is 13.1. The number of amides is 2. The van der Waals surface area contributed by atoms with Gasteiger partial charge in [-0.05, 0) is 79.8 Å². The van der Waals surface area contributed by atoms with E-state index in [0.717, 1.165) is 56.8 Å². The van der Waals surface area contributed by atoms with Gasteiger partial charge in [0, 0.05) is 45.0 Å². The number of methoxy groups -OCH3 is 1. The summed E-state index contributed by atoms with van der Waals surface area (Å²) in [5.74, 6) is 1.31. The van der Waals surface area contributed by atoms with E-state index in [2.05, 4.69) is 33.4 Å². The quantitative estimate of drug-likeness (QED) is 0.449. The number of rotatable bonds is 8. The van der Waals surface area contributed by atoms with Crippen LogP contribution in [0.5, 0.6) is 11.5 Å². The second kappa shape index (κ2) is 13.3. The van der Waals surface area contributed by atoms with Crippen LogP contribution in [-0.2, 0) is 6.54 Å². The minimum Gasteiger partial charge on any atom is -0.497 e. The molecule has 1 aliphatic heterocycles. The lowest BCUT2D eigenvalue weighted by Crippen LogP contribution is -2.48. The number of nitrogens with one attached hydrogen (secondary N) is 1. The molecule has 9 heteroatoms. The molecule has 2 heterocycles. The minimum absolute atomic E-state index is 0.0561. The third-order valence-corrected chi connectivity index (χ3v) is 7.76. The first-order chi connectivity index (χ1) is 20.0. The molecule has 2 amide bonds. The number of nitriles is 1. The lowest BCUT2D eigenvalue weighted by atomic mass is 9.92. The number of carbonyl (C=O) groups excluding carboxylic acids is 2. The molecule has 0 radical (unpaired) electrons. The van der Waals surface area contributed by atoms with Crippen LogP contribution in [0, 0.1) is 11.3 Å². The number of benzene rings is 2. The van der Waals surface area contributed by atoms with Crippen molar-refractivity contribution >= 4 is 11.8 Å². The van der Waals surface area contributed by atoms with Gasteiger partial charge < -0.3 is 19.7 Å². The van der Waals surface area contributed by atoms with Crippen molar-refractivity contribution in [2.24, 2.45) is 0 Å². The highest BCUT2D eigenvalue weighted by atomic mass is 16.5. The molecular weight excluding hydrogens is 518 g/mol. The largest absolute Gasteiger partial charge is 0.497 e. The molecule has 0 unspecified atom stereocenters. The molecule has 3 aromatic rings. The second-order valence-electron chi connectivity index (χ2n) is 10.5. The van der Waals surface area contributed by atoms with Crippen molar-refractivity contribution in [2.75, 3.05) is 33.3 Å². The van der Waals surface area contributed by atoms with Crippen molar-refractivity contribution < 1.29 is 19.1 Å². The van der Waals surface area contributed by atoms with Gasteiger partial charge in [0.2, 0.25) is 0 Å². The maximum atomic E-state index is 13.1. The molecule has 2 aromatic carbocycles. The Morgan fingerprint density at radius 3 is 2.22 bits per heavy atom. The summed E-state index contributed by atoms with van der Waals surface area (Å²) >= 11 is 0. The average Bonchev–Trinajstić information content (AvgIpc) is 3.03. The van der Waals surface area contributed by atoms with Crippen LogP contribution in [-0.4, -0.2) is 72.0 Å². The van der Waals surface area contributed by atoms with Crippen LogP contribution in [0.2, 0.25) is 0 Å². The van der Waals surface area contributed by atoms with E-state index in [1.54, 1.807) is 31.4 Å². The predicted octanol–water partition coefficient (Wildman–Crippen LogP) is 4.04. The Balaban J connectivity index is 1.05. The Labute approximate surface area is 240 Å². The zero-order chi connectivity index (χ0) is 28.6. The molecule has 2 aliphatic rings. The molecule has 1 N–H and O–H groups in total. The lowest BCUT2D eigenvalue weighted by Gasteiger charge is -2.34. The molecule has 2 fully saturated rings. The summed E-state index contributed by atoms with van der Waals surface area (Å²) in [6.07, 6.45) is 4.88. The van der Waals surface area contributed by atoms with Crippen molar-refractivity contribution in [2.45, 2.75) is 44.4 Å². The number of aromatic nitrogens is 1. The van der Waals surface area contributed by atoms with Gasteiger partial charge in [-0.15, -0.1) is 0 Å². The summed E-state index contributed by atoms with van der Waals surface area (Å²) in [5.41, 5.74) is 2.62. The third-order valence-electron chi connectivity index (χ3n) is 7.76. The molecule has 1 aliphatic carbocycles. The van der Waals surface area contributed by atoms with Gasteiger partial charge >= 0.3 is 0 Å². The van der Waals surface area contributed by atoms with E-state index in [1.165, 1.54) is 11.8 Å². The Morgan fingerprint density at radius 1 is 0.927 bits per heavy atom. The van der Waals surface area contributed by atoms with Crippen LogP contribution in [0.1, 0.15) is 57.7 Å². The monoisotopic (exact) mass is 553 g/mol. The van der Waals surface area contributed by atoms with E-state index in [0.29, 0.717) is 29.9 Å². The number of nitrogens with zero attached hydrogens (tertiary/aromatic N) is 4. The predicted molar refractivity (Wildman–Crippen MR) is 154 cm³/mol. The smallest absolute Gasteiger partial charge is 0.270 e. The number of hydrogen-bond acceptors (Lipinski definition) is 7. The van der Waals surface area contributed by atoms with E-state index in [9.17, 15) is 9.59 Å². The summed E-state index contributed by atoms with van der Waals surface area (Å²) in [6, 6.07) is 20.7. The van der Waals surface area contributed by atoms with Gasteiger partial charge in [0.25, 0.3) is 11.8 Å². The zero-order valence-corrected chi connectivity index (χ0v) is 23.3. The van der Waals surface area contributed by atoms with Crippen molar-refractivity contribution in [3.8, 4) is 17.6 Å². The summed E-state index contributed by atoms with van der Waals surface area (Å²) < 4.78 is 11.3. The van der Waals surface area contributed by atoms with Gasteiger partial charge in [-0.25, -0.2) is 0 Å². The Hall–Kier alpha value is -4.42. The Kier molecular flexibility index (Phi) is 9.12. The molecule has 5 rings (SSSR count). The van der Waals surface area contributed by atoms with Gasteiger partial charge in [-0.3, -0.25) is 19.5 Å². The van der Waals surface area contributed by atoms with Crippen molar-refractivity contribution in [3.63, 3.8) is 0 Å². The second-order valence-corrected chi connectivity index (χ2v) is 10.5. The molecule has 1 aromatic heterocycles. The van der Waals surface area contributed by atoms with Gasteiger partial charge in [0.15, 0.2) is 0 Å². The molecule has 0 bridgehead atoms. The van der Waals surface area contributed by atoms with Gasteiger partial charge in [-0.2, -0.15) is 5.26 Å². The van der Waals surface area contributed by atoms with Gasteiger partial charge in [0.05, 0.1) is 30.4 Å². The van der Waals surface area contributed by atoms with E-state index < -0.39 is 0 Å². The minimum atomic E-state index is -0.229. The van der Waals surface area contributed by atoms with Crippen molar-refractivity contribution in [3.05, 3.63) is 89.2 Å². The molecule has 1 saturated heterocycles. The Bertz CT molecular complexity index is 1350. The molecular formula is C32H35N5O4. The SMILES string of the molecule is COc1ccc(CN2CCN(C(=O)c3ccc(C(=O)NC4CCC(Oc5ccc(C#N)cc5)CC4)nc3)CC2)cc1. The van der Waals surface area contributed by atoms with Gasteiger partial charge in [-0.1, -0.05) is 12.1 Å². The fourth-order valence-electron chi connectivity index (χ4n) is 5.32. The average molecular weight is 554 g/mol. The van der Waals surface area contributed by atoms with Crippen LogP contribution >= 0.6 is 0 Å². The third kappa shape index (κ3) is 7.41. The number of ether oxygens (including phenoxy) is 2. The topological polar surface area (TPSA) is 108 Å². The fourth-order valence-corrected chi connectivity index (χ4v) is 5.32. The normalized spacial score (nSPS) is 19.2. The number of pyridine rings is 1. The van der Waals surface area contributed by atoms with E-state index >= 15 is 0 Å². The molecule has 0 spiro atoms. The Morgan fingerprint density at radius 2 is 1.61 bits per heavy atom. The summed E-state index contributed by atoms with van der Waals surface area (Å²) in [7, 11) is 1.66. The van der Waals surface area contributed by atoms with E-state index in [-0.39, 0.29) is 24.0 Å². The molecule has 9 nitrogen and oxygen atoms in total. The van der Waals surface area contributed by atoms with E-state index in [1.807, 2.05) is 29.2 Å². The molecule has 1 saturated carbocycles. The van der Waals surface area contributed by atoms with Crippen LogP contribution in [0.4, 0.5) is 0 Å². The first-order valence-corrected chi connectivity index (χ1v) is 14.1.